The van der Waals surface area contributed by atoms with Gasteiger partial charge in [-0.15, -0.1) is 0 Å². The fourth-order valence-electron chi connectivity index (χ4n) is 3.60. The third-order valence-electron chi connectivity index (χ3n) is 5.44. The number of thioether (sulfide) groups is 1. The molecule has 1 fully saturated rings. The molecule has 0 spiro atoms. The second-order valence-electron chi connectivity index (χ2n) is 8.26. The molecule has 4 rings (SSSR count). The number of hydrogen-bond donors (Lipinski definition) is 2. The Labute approximate surface area is 227 Å². The number of ether oxygens (including phenoxy) is 2. The van der Waals surface area contributed by atoms with E-state index in [2.05, 4.69) is 5.32 Å². The fourth-order valence-corrected chi connectivity index (χ4v) is 4.44. The molecule has 3 amide bonds. The van der Waals surface area contributed by atoms with Gasteiger partial charge in [-0.1, -0.05) is 24.3 Å². The van der Waals surface area contributed by atoms with Crippen LogP contribution < -0.4 is 14.8 Å². The number of carbonyl (C=O) groups is 4. The minimum absolute atomic E-state index is 0.133. The van der Waals surface area contributed by atoms with Crippen LogP contribution in [-0.2, 0) is 16.2 Å². The number of rotatable bonds is 10. The first-order chi connectivity index (χ1) is 18.7. The van der Waals surface area contributed by atoms with Crippen LogP contribution in [-0.4, -0.2) is 46.2 Å². The van der Waals surface area contributed by atoms with Crippen molar-refractivity contribution < 1.29 is 38.1 Å². The molecule has 200 valence electrons. The van der Waals surface area contributed by atoms with Crippen LogP contribution in [0.4, 0.5) is 14.9 Å². The SMILES string of the molecule is CCOc1cc(/C=C2/SC(=O)N(CC(=O)Nc3cccc(F)c3)C2=O)ccc1OCc1ccc(C(=O)O)cc1. The molecule has 9 nitrogen and oxygen atoms in total. The highest BCUT2D eigenvalue weighted by Gasteiger charge is 2.36. The smallest absolute Gasteiger partial charge is 0.335 e. The lowest BCUT2D eigenvalue weighted by atomic mass is 10.1. The maximum Gasteiger partial charge on any atom is 0.335 e. The Hall–Kier alpha value is -4.64. The van der Waals surface area contributed by atoms with Crippen molar-refractivity contribution in [3.8, 4) is 11.5 Å². The van der Waals surface area contributed by atoms with Crippen LogP contribution >= 0.6 is 11.8 Å². The summed E-state index contributed by atoms with van der Waals surface area (Å²) in [6.07, 6.45) is 1.52. The molecule has 0 aromatic heterocycles. The van der Waals surface area contributed by atoms with Crippen molar-refractivity contribution in [3.05, 3.63) is 94.1 Å². The summed E-state index contributed by atoms with van der Waals surface area (Å²) in [5.74, 6) is -1.94. The van der Waals surface area contributed by atoms with Gasteiger partial charge in [0.2, 0.25) is 5.91 Å². The summed E-state index contributed by atoms with van der Waals surface area (Å²) in [6, 6.07) is 16.6. The van der Waals surface area contributed by atoms with E-state index in [1.807, 2.05) is 0 Å². The lowest BCUT2D eigenvalue weighted by Crippen LogP contribution is -2.36. The first kappa shape index (κ1) is 27.4. The highest BCUT2D eigenvalue weighted by molar-refractivity contribution is 8.18. The molecule has 0 aliphatic carbocycles. The van der Waals surface area contributed by atoms with Gasteiger partial charge in [0.25, 0.3) is 11.1 Å². The second kappa shape index (κ2) is 12.3. The van der Waals surface area contributed by atoms with E-state index in [1.54, 1.807) is 37.3 Å². The molecule has 0 unspecified atom stereocenters. The molecule has 1 aliphatic rings. The first-order valence-electron chi connectivity index (χ1n) is 11.8. The van der Waals surface area contributed by atoms with Crippen LogP contribution in [0.25, 0.3) is 6.08 Å². The zero-order valence-corrected chi connectivity index (χ0v) is 21.5. The number of benzene rings is 3. The second-order valence-corrected chi connectivity index (χ2v) is 9.25. The number of nitrogens with zero attached hydrogens (tertiary/aromatic N) is 1. The molecule has 3 aromatic rings. The van der Waals surface area contributed by atoms with Gasteiger partial charge in [0.15, 0.2) is 11.5 Å². The highest BCUT2D eigenvalue weighted by atomic mass is 32.2. The fraction of sp³-hybridized carbons (Fsp3) is 0.143. The summed E-state index contributed by atoms with van der Waals surface area (Å²) < 4.78 is 24.9. The van der Waals surface area contributed by atoms with Crippen molar-refractivity contribution in [1.82, 2.24) is 4.90 Å². The van der Waals surface area contributed by atoms with Crippen LogP contribution in [0.5, 0.6) is 11.5 Å². The van der Waals surface area contributed by atoms with E-state index in [1.165, 1.54) is 36.4 Å². The topological polar surface area (TPSA) is 122 Å². The van der Waals surface area contributed by atoms with Crippen molar-refractivity contribution in [3.63, 3.8) is 0 Å². The van der Waals surface area contributed by atoms with Crippen molar-refractivity contribution in [1.29, 1.82) is 0 Å². The molecule has 1 aliphatic heterocycles. The predicted octanol–water partition coefficient (Wildman–Crippen LogP) is 5.18. The van der Waals surface area contributed by atoms with E-state index in [4.69, 9.17) is 14.6 Å². The standard InChI is InChI=1S/C28H23FN2O7S/c1-2-37-23-12-18(8-11-22(23)38-16-17-6-9-19(10-7-17)27(34)35)13-24-26(33)31(28(36)39-24)15-25(32)30-21-5-3-4-20(29)14-21/h3-14H,2,15-16H2,1H3,(H,30,32)(H,34,35)/b24-13+. The normalized spacial score (nSPS) is 14.0. The van der Waals surface area contributed by atoms with Crippen LogP contribution in [0.1, 0.15) is 28.4 Å². The summed E-state index contributed by atoms with van der Waals surface area (Å²) in [5.41, 5.74) is 1.73. The number of anilines is 1. The van der Waals surface area contributed by atoms with Crippen molar-refractivity contribution in [2.45, 2.75) is 13.5 Å². The Kier molecular flexibility index (Phi) is 8.62. The van der Waals surface area contributed by atoms with E-state index in [0.29, 0.717) is 35.4 Å². The van der Waals surface area contributed by atoms with Crippen molar-refractivity contribution >= 4 is 46.5 Å². The van der Waals surface area contributed by atoms with E-state index >= 15 is 0 Å². The van der Waals surface area contributed by atoms with Gasteiger partial charge >= 0.3 is 5.97 Å². The molecule has 0 radical (unpaired) electrons. The minimum Gasteiger partial charge on any atom is -0.490 e. The number of hydrogen-bond acceptors (Lipinski definition) is 7. The van der Waals surface area contributed by atoms with Crippen LogP contribution in [0, 0.1) is 5.82 Å². The maximum atomic E-state index is 13.3. The van der Waals surface area contributed by atoms with Crippen molar-refractivity contribution in [2.75, 3.05) is 18.5 Å². The monoisotopic (exact) mass is 550 g/mol. The summed E-state index contributed by atoms with van der Waals surface area (Å²) in [7, 11) is 0. The van der Waals surface area contributed by atoms with Crippen LogP contribution in [0.2, 0.25) is 0 Å². The quantitative estimate of drug-likeness (QED) is 0.331. The Morgan fingerprint density at radius 2 is 1.79 bits per heavy atom. The zero-order valence-electron chi connectivity index (χ0n) is 20.7. The average molecular weight is 551 g/mol. The molecule has 1 heterocycles. The molecule has 0 bridgehead atoms. The molecule has 1 saturated heterocycles. The molecule has 0 atom stereocenters. The zero-order chi connectivity index (χ0) is 27.9. The number of imide groups is 1. The minimum atomic E-state index is -1.01. The summed E-state index contributed by atoms with van der Waals surface area (Å²) >= 11 is 0.706. The van der Waals surface area contributed by atoms with E-state index in [-0.39, 0.29) is 22.8 Å². The third kappa shape index (κ3) is 7.02. The van der Waals surface area contributed by atoms with Crippen LogP contribution in [0.3, 0.4) is 0 Å². The Balaban J connectivity index is 1.43. The van der Waals surface area contributed by atoms with Gasteiger partial charge < -0.3 is 19.9 Å². The van der Waals surface area contributed by atoms with Gasteiger partial charge in [-0.25, -0.2) is 9.18 Å². The summed E-state index contributed by atoms with van der Waals surface area (Å²) in [6.45, 7) is 1.82. The first-order valence-corrected chi connectivity index (χ1v) is 12.6. The van der Waals surface area contributed by atoms with Gasteiger partial charge in [-0.3, -0.25) is 19.3 Å². The molecular weight excluding hydrogens is 527 g/mol. The molecule has 2 N–H and O–H groups in total. The van der Waals surface area contributed by atoms with Gasteiger partial charge in [-0.2, -0.15) is 0 Å². The molecule has 3 aromatic carbocycles. The van der Waals surface area contributed by atoms with E-state index < -0.39 is 35.4 Å². The number of carbonyl (C=O) groups excluding carboxylic acids is 3. The number of halogens is 1. The predicted molar refractivity (Wildman–Crippen MR) is 143 cm³/mol. The Bertz CT molecular complexity index is 1460. The Morgan fingerprint density at radius 1 is 1.03 bits per heavy atom. The maximum absolute atomic E-state index is 13.3. The number of amides is 3. The third-order valence-corrected chi connectivity index (χ3v) is 6.35. The van der Waals surface area contributed by atoms with Gasteiger partial charge in [-0.05, 0) is 78.4 Å². The van der Waals surface area contributed by atoms with Crippen molar-refractivity contribution in [2.24, 2.45) is 0 Å². The van der Waals surface area contributed by atoms with Gasteiger partial charge in [0.05, 0.1) is 17.1 Å². The molecule has 11 heteroatoms. The lowest BCUT2D eigenvalue weighted by Gasteiger charge is -2.13. The number of carboxylic acids is 1. The number of carboxylic acid groups (broad SMARTS) is 1. The molecular formula is C28H23FN2O7S. The number of nitrogens with one attached hydrogen (secondary N) is 1. The van der Waals surface area contributed by atoms with Crippen LogP contribution in [0.15, 0.2) is 71.6 Å². The Morgan fingerprint density at radius 3 is 2.49 bits per heavy atom. The van der Waals surface area contributed by atoms with Gasteiger partial charge in [0, 0.05) is 5.69 Å². The summed E-state index contributed by atoms with van der Waals surface area (Å²) in [5, 5.41) is 10.9. The average Bonchev–Trinajstić information content (AvgIpc) is 3.15. The lowest BCUT2D eigenvalue weighted by molar-refractivity contribution is -0.127. The van der Waals surface area contributed by atoms with E-state index in [9.17, 15) is 23.6 Å². The van der Waals surface area contributed by atoms with E-state index in [0.717, 1.165) is 16.5 Å². The number of aromatic carboxylic acids is 1. The molecule has 39 heavy (non-hydrogen) atoms. The molecule has 0 saturated carbocycles. The largest absolute Gasteiger partial charge is 0.490 e. The summed E-state index contributed by atoms with van der Waals surface area (Å²) in [4.78, 5) is 49.6. The highest BCUT2D eigenvalue weighted by Crippen LogP contribution is 2.35. The van der Waals surface area contributed by atoms with Gasteiger partial charge in [0.1, 0.15) is 19.0 Å².